The normalized spacial score (nSPS) is 14.4. The van der Waals surface area contributed by atoms with Gasteiger partial charge in [0.2, 0.25) is 0 Å². The molecule has 0 aliphatic heterocycles. The fourth-order valence-corrected chi connectivity index (χ4v) is 7.76. The van der Waals surface area contributed by atoms with Crippen LogP contribution in [0.1, 0.15) is 59.2 Å². The number of nitrogens with zero attached hydrogens (tertiary/aromatic N) is 5. The van der Waals surface area contributed by atoms with E-state index in [9.17, 15) is 15.8 Å². The summed E-state index contributed by atoms with van der Waals surface area (Å²) in [6, 6.07) is 44.6. The summed E-state index contributed by atoms with van der Waals surface area (Å²) in [5.41, 5.74) is 11.9. The first-order chi connectivity index (χ1) is 25.1. The molecule has 0 radical (unpaired) electrons. The summed E-state index contributed by atoms with van der Waals surface area (Å²) >= 11 is 0. The van der Waals surface area contributed by atoms with Gasteiger partial charge in [-0.25, -0.2) is 0 Å². The molecule has 1 atom stereocenters. The molecule has 5 heteroatoms. The number of hydrogen-bond donors (Lipinski definition) is 0. The van der Waals surface area contributed by atoms with Crippen molar-refractivity contribution in [2.24, 2.45) is 0 Å². The highest BCUT2D eigenvalue weighted by molar-refractivity contribution is 6.09. The Balaban J connectivity index is 1.29. The van der Waals surface area contributed by atoms with Crippen LogP contribution in [0.3, 0.4) is 0 Å². The molecule has 5 aromatic carbocycles. The molecule has 1 unspecified atom stereocenters. The predicted molar refractivity (Wildman–Crippen MR) is 207 cm³/mol. The maximum absolute atomic E-state index is 10.3. The van der Waals surface area contributed by atoms with Gasteiger partial charge in [0.25, 0.3) is 0 Å². The minimum atomic E-state index is 0.0658. The van der Waals surface area contributed by atoms with Crippen LogP contribution in [-0.4, -0.2) is 9.13 Å². The zero-order valence-electron chi connectivity index (χ0n) is 28.4. The van der Waals surface area contributed by atoms with Gasteiger partial charge in [0.05, 0.1) is 45.5 Å². The van der Waals surface area contributed by atoms with E-state index >= 15 is 0 Å². The maximum Gasteiger partial charge on any atom is 0.101 e. The zero-order chi connectivity index (χ0) is 35.1. The second kappa shape index (κ2) is 12.9. The van der Waals surface area contributed by atoms with Gasteiger partial charge in [-0.2, -0.15) is 15.8 Å². The van der Waals surface area contributed by atoms with Crippen molar-refractivity contribution >= 4 is 44.4 Å². The zero-order valence-corrected chi connectivity index (χ0v) is 28.4. The average molecular weight is 656 g/mol. The number of para-hydroxylation sites is 3. The van der Waals surface area contributed by atoms with Crippen LogP contribution in [0.2, 0.25) is 0 Å². The highest BCUT2D eigenvalue weighted by Gasteiger charge is 2.25. The number of allylic oxidation sites excluding steroid dienone is 5. The van der Waals surface area contributed by atoms with E-state index in [-0.39, 0.29) is 5.92 Å². The summed E-state index contributed by atoms with van der Waals surface area (Å²) in [6.45, 7) is 4.00. The van der Waals surface area contributed by atoms with Crippen LogP contribution in [-0.2, 0) is 0 Å². The van der Waals surface area contributed by atoms with Crippen molar-refractivity contribution in [1.82, 2.24) is 9.13 Å². The van der Waals surface area contributed by atoms with Crippen molar-refractivity contribution in [3.63, 3.8) is 0 Å². The summed E-state index contributed by atoms with van der Waals surface area (Å²) < 4.78 is 4.45. The van der Waals surface area contributed by atoms with Crippen LogP contribution >= 0.6 is 0 Å². The third kappa shape index (κ3) is 5.14. The molecule has 2 heterocycles. The SMILES string of the molecule is CC/C(C#N)=C\c1c(C)n(-c2cc(C#N)ccc2C2=CC=CCC2c2ccc(-n3c4ccccc4c4ccccc43)cc2)c2c(C#N)cccc12. The van der Waals surface area contributed by atoms with Gasteiger partial charge in [0.1, 0.15) is 6.07 Å². The lowest BCUT2D eigenvalue weighted by atomic mass is 9.81. The van der Waals surface area contributed by atoms with Gasteiger partial charge < -0.3 is 9.13 Å². The topological polar surface area (TPSA) is 81.2 Å². The van der Waals surface area contributed by atoms with Crippen LogP contribution in [0.15, 0.2) is 133 Å². The Hall–Kier alpha value is -6.87. The van der Waals surface area contributed by atoms with Crippen LogP contribution in [0.5, 0.6) is 0 Å². The quantitative estimate of drug-likeness (QED) is 0.167. The molecule has 0 N–H and O–H groups in total. The summed E-state index contributed by atoms with van der Waals surface area (Å²) in [5, 5.41) is 33.6. The van der Waals surface area contributed by atoms with Crippen molar-refractivity contribution < 1.29 is 0 Å². The first kappa shape index (κ1) is 31.4. The van der Waals surface area contributed by atoms with E-state index in [0.717, 1.165) is 51.1 Å². The number of benzene rings is 5. The number of fused-ring (bicyclic) bond motifs is 4. The van der Waals surface area contributed by atoms with Crippen LogP contribution in [0, 0.1) is 40.9 Å². The lowest BCUT2D eigenvalue weighted by Crippen LogP contribution is -2.09. The summed E-state index contributed by atoms with van der Waals surface area (Å²) in [6.07, 6.45) is 9.86. The fourth-order valence-electron chi connectivity index (χ4n) is 7.76. The van der Waals surface area contributed by atoms with Crippen molar-refractivity contribution in [2.45, 2.75) is 32.6 Å². The first-order valence-electron chi connectivity index (χ1n) is 17.2. The molecule has 242 valence electrons. The molecular weight excluding hydrogens is 623 g/mol. The maximum atomic E-state index is 10.3. The molecule has 5 nitrogen and oxygen atoms in total. The van der Waals surface area contributed by atoms with Gasteiger partial charge >= 0.3 is 0 Å². The summed E-state index contributed by atoms with van der Waals surface area (Å²) in [4.78, 5) is 0. The molecule has 8 rings (SSSR count). The summed E-state index contributed by atoms with van der Waals surface area (Å²) in [7, 11) is 0. The summed E-state index contributed by atoms with van der Waals surface area (Å²) in [5.74, 6) is 0.0658. The number of hydrogen-bond acceptors (Lipinski definition) is 3. The van der Waals surface area contributed by atoms with Gasteiger partial charge in [0, 0.05) is 50.2 Å². The Bertz CT molecular complexity index is 2690. The Morgan fingerprint density at radius 2 is 1.49 bits per heavy atom. The molecule has 1 aliphatic rings. The highest BCUT2D eigenvalue weighted by Crippen LogP contribution is 2.43. The van der Waals surface area contributed by atoms with Gasteiger partial charge in [0.15, 0.2) is 0 Å². The van der Waals surface area contributed by atoms with Crippen LogP contribution in [0.25, 0.3) is 55.7 Å². The van der Waals surface area contributed by atoms with Gasteiger partial charge in [-0.15, -0.1) is 0 Å². The molecule has 51 heavy (non-hydrogen) atoms. The molecule has 0 spiro atoms. The van der Waals surface area contributed by atoms with Crippen molar-refractivity contribution in [2.75, 3.05) is 0 Å². The minimum Gasteiger partial charge on any atom is -0.311 e. The van der Waals surface area contributed by atoms with E-state index < -0.39 is 0 Å². The number of rotatable bonds is 6. The minimum absolute atomic E-state index is 0.0658. The molecular formula is C46H33N5. The van der Waals surface area contributed by atoms with E-state index in [1.54, 1.807) is 0 Å². The molecule has 0 saturated carbocycles. The van der Waals surface area contributed by atoms with E-state index in [0.29, 0.717) is 23.1 Å². The first-order valence-corrected chi connectivity index (χ1v) is 17.2. The molecule has 0 saturated heterocycles. The van der Waals surface area contributed by atoms with Crippen molar-refractivity contribution in [3.8, 4) is 29.6 Å². The molecule has 7 aromatic rings. The molecule has 0 bridgehead atoms. The smallest absolute Gasteiger partial charge is 0.101 e. The largest absolute Gasteiger partial charge is 0.311 e. The van der Waals surface area contributed by atoms with Gasteiger partial charge in [-0.3, -0.25) is 0 Å². The Morgan fingerprint density at radius 3 is 2.16 bits per heavy atom. The third-order valence-corrected chi connectivity index (χ3v) is 10.2. The molecule has 1 aliphatic carbocycles. The molecule has 0 fully saturated rings. The highest BCUT2D eigenvalue weighted by atomic mass is 15.0. The third-order valence-electron chi connectivity index (χ3n) is 10.2. The van der Waals surface area contributed by atoms with E-state index in [1.807, 2.05) is 56.3 Å². The fraction of sp³-hybridized carbons (Fsp3) is 0.109. The van der Waals surface area contributed by atoms with E-state index in [1.165, 1.54) is 27.4 Å². The Morgan fingerprint density at radius 1 is 0.784 bits per heavy atom. The Labute approximate surface area is 297 Å². The van der Waals surface area contributed by atoms with Gasteiger partial charge in [-0.1, -0.05) is 91.9 Å². The molecule has 2 aromatic heterocycles. The molecule has 0 amide bonds. The van der Waals surface area contributed by atoms with Crippen LogP contribution < -0.4 is 0 Å². The van der Waals surface area contributed by atoms with E-state index in [4.69, 9.17) is 0 Å². The van der Waals surface area contributed by atoms with E-state index in [2.05, 4.69) is 118 Å². The monoisotopic (exact) mass is 655 g/mol. The van der Waals surface area contributed by atoms with Gasteiger partial charge in [-0.05, 0) is 79.4 Å². The van der Waals surface area contributed by atoms with Crippen molar-refractivity contribution in [3.05, 3.63) is 167 Å². The van der Waals surface area contributed by atoms with Crippen LogP contribution in [0.4, 0.5) is 0 Å². The lowest BCUT2D eigenvalue weighted by molar-refractivity contribution is 0.870. The van der Waals surface area contributed by atoms with Crippen molar-refractivity contribution in [1.29, 1.82) is 15.8 Å². The average Bonchev–Trinajstić information content (AvgIpc) is 3.67. The number of nitriles is 3. The number of aromatic nitrogens is 2. The second-order valence-corrected chi connectivity index (χ2v) is 12.9. The second-order valence-electron chi connectivity index (χ2n) is 12.9. The lowest BCUT2D eigenvalue weighted by Gasteiger charge is -2.26. The standard InChI is InChI=1S/C46H33N5/c1-3-31(27-47)25-42-30(2)50(46-34(29-49)11-10-16-41(42)46)45-26-32(28-48)19-24-40(45)37-13-5-4-12-36(37)33-20-22-35(23-21-33)51-43-17-8-6-14-38(43)39-15-7-9-18-44(39)51/h4-11,13-26,36H,3,12H2,1-2H3/b31-25+. The predicted octanol–water partition coefficient (Wildman–Crippen LogP) is 11.2. The Kier molecular flexibility index (Phi) is 7.92.